The lowest BCUT2D eigenvalue weighted by atomic mass is 9.87. The lowest BCUT2D eigenvalue weighted by Crippen LogP contribution is -2.47. The lowest BCUT2D eigenvalue weighted by Gasteiger charge is -2.37. The second-order valence-electron chi connectivity index (χ2n) is 8.48. The largest absolute Gasteiger partial charge is 0.342 e. The molecule has 1 aliphatic carbocycles. The van der Waals surface area contributed by atoms with Crippen molar-refractivity contribution < 1.29 is 9.59 Å². The van der Waals surface area contributed by atoms with E-state index in [0.717, 1.165) is 38.8 Å². The van der Waals surface area contributed by atoms with E-state index < -0.39 is 0 Å². The van der Waals surface area contributed by atoms with Crippen LogP contribution in [0.2, 0.25) is 0 Å². The summed E-state index contributed by atoms with van der Waals surface area (Å²) in [5.41, 5.74) is 1.17. The number of carbonyl (C=O) groups excluding carboxylic acids is 2. The molecule has 0 spiro atoms. The van der Waals surface area contributed by atoms with E-state index in [1.807, 2.05) is 28.0 Å². The predicted molar refractivity (Wildman–Crippen MR) is 108 cm³/mol. The second kappa shape index (κ2) is 9.38. The Labute approximate surface area is 163 Å². The number of hydrogen-bond acceptors (Lipinski definition) is 2. The summed E-state index contributed by atoms with van der Waals surface area (Å²) < 4.78 is 0. The van der Waals surface area contributed by atoms with Crippen LogP contribution in [0, 0.1) is 11.8 Å². The highest BCUT2D eigenvalue weighted by Gasteiger charge is 2.33. The maximum atomic E-state index is 13.1. The molecule has 0 aromatic heterocycles. The van der Waals surface area contributed by atoms with Crippen LogP contribution in [0.25, 0.3) is 0 Å². The summed E-state index contributed by atoms with van der Waals surface area (Å²) in [6.45, 7) is 6.32. The van der Waals surface area contributed by atoms with Crippen molar-refractivity contribution in [3.05, 3.63) is 35.9 Å². The van der Waals surface area contributed by atoms with Crippen molar-refractivity contribution in [2.75, 3.05) is 13.1 Å². The molecule has 0 unspecified atom stereocenters. The van der Waals surface area contributed by atoms with Crippen molar-refractivity contribution in [1.82, 2.24) is 9.80 Å². The van der Waals surface area contributed by atoms with Crippen LogP contribution in [0.3, 0.4) is 0 Å². The normalized spacial score (nSPS) is 19.3. The Bertz CT molecular complexity index is 615. The number of rotatable bonds is 5. The third kappa shape index (κ3) is 5.12. The molecule has 3 rings (SSSR count). The standard InChI is InChI=1S/C23H34N2O2/c1-18(2)25(17-19-9-5-3-6-10-19)23(27)21-13-15-24(16-14-21)22(26)20-11-7-4-8-12-20/h3,5-6,9-10,18,20-21H,4,7-8,11-17H2,1-2H3. The zero-order valence-electron chi connectivity index (χ0n) is 16.9. The fourth-order valence-electron chi connectivity index (χ4n) is 4.48. The van der Waals surface area contributed by atoms with Gasteiger partial charge in [0.2, 0.25) is 11.8 Å². The minimum atomic E-state index is 0.0477. The average Bonchev–Trinajstić information content (AvgIpc) is 2.72. The molecule has 2 amide bonds. The minimum Gasteiger partial charge on any atom is -0.342 e. The van der Waals surface area contributed by atoms with E-state index in [1.54, 1.807) is 0 Å². The van der Waals surface area contributed by atoms with Crippen LogP contribution in [0.4, 0.5) is 0 Å². The number of carbonyl (C=O) groups is 2. The molecule has 148 valence electrons. The molecular formula is C23H34N2O2. The van der Waals surface area contributed by atoms with Gasteiger partial charge in [0.25, 0.3) is 0 Å². The summed E-state index contributed by atoms with van der Waals surface area (Å²) in [6, 6.07) is 10.4. The van der Waals surface area contributed by atoms with Gasteiger partial charge in [-0.2, -0.15) is 0 Å². The number of benzene rings is 1. The van der Waals surface area contributed by atoms with Crippen molar-refractivity contribution in [2.45, 2.75) is 71.4 Å². The third-order valence-corrected chi connectivity index (χ3v) is 6.21. The van der Waals surface area contributed by atoms with Crippen LogP contribution < -0.4 is 0 Å². The van der Waals surface area contributed by atoms with Crippen LogP contribution in [-0.4, -0.2) is 40.7 Å². The molecule has 1 aromatic carbocycles. The first kappa shape index (κ1) is 19.9. The molecule has 4 heteroatoms. The fraction of sp³-hybridized carbons (Fsp3) is 0.652. The van der Waals surface area contributed by atoms with Gasteiger partial charge in [-0.05, 0) is 45.1 Å². The first-order chi connectivity index (χ1) is 13.1. The van der Waals surface area contributed by atoms with Gasteiger partial charge in [0.15, 0.2) is 0 Å². The van der Waals surface area contributed by atoms with E-state index >= 15 is 0 Å². The molecule has 0 atom stereocenters. The van der Waals surface area contributed by atoms with Crippen LogP contribution >= 0.6 is 0 Å². The number of piperidine rings is 1. The molecule has 2 fully saturated rings. The molecule has 4 nitrogen and oxygen atoms in total. The number of hydrogen-bond donors (Lipinski definition) is 0. The molecule has 1 heterocycles. The molecule has 1 saturated carbocycles. The molecule has 1 aromatic rings. The van der Waals surface area contributed by atoms with Gasteiger partial charge in [-0.1, -0.05) is 49.6 Å². The van der Waals surface area contributed by atoms with Gasteiger partial charge < -0.3 is 9.80 Å². The Morgan fingerprint density at radius 1 is 0.963 bits per heavy atom. The van der Waals surface area contributed by atoms with Crippen molar-refractivity contribution in [3.63, 3.8) is 0 Å². The average molecular weight is 371 g/mol. The van der Waals surface area contributed by atoms with Crippen LogP contribution in [0.15, 0.2) is 30.3 Å². The van der Waals surface area contributed by atoms with Gasteiger partial charge >= 0.3 is 0 Å². The van der Waals surface area contributed by atoms with Crippen LogP contribution in [-0.2, 0) is 16.1 Å². The Kier molecular flexibility index (Phi) is 6.92. The van der Waals surface area contributed by atoms with E-state index in [-0.39, 0.29) is 23.8 Å². The van der Waals surface area contributed by atoms with Gasteiger partial charge in [0, 0.05) is 37.5 Å². The first-order valence-corrected chi connectivity index (χ1v) is 10.7. The van der Waals surface area contributed by atoms with E-state index in [9.17, 15) is 9.59 Å². The number of nitrogens with zero attached hydrogens (tertiary/aromatic N) is 2. The molecule has 0 radical (unpaired) electrons. The smallest absolute Gasteiger partial charge is 0.226 e. The van der Waals surface area contributed by atoms with Crippen LogP contribution in [0.5, 0.6) is 0 Å². The van der Waals surface area contributed by atoms with Gasteiger partial charge in [-0.3, -0.25) is 9.59 Å². The summed E-state index contributed by atoms with van der Waals surface area (Å²) in [5.74, 6) is 0.868. The quantitative estimate of drug-likeness (QED) is 0.778. The summed E-state index contributed by atoms with van der Waals surface area (Å²) in [5, 5.41) is 0. The predicted octanol–water partition coefficient (Wildman–Crippen LogP) is 4.24. The summed E-state index contributed by atoms with van der Waals surface area (Å²) in [4.78, 5) is 29.9. The maximum absolute atomic E-state index is 13.1. The zero-order valence-corrected chi connectivity index (χ0v) is 16.9. The number of amides is 2. The van der Waals surface area contributed by atoms with Gasteiger partial charge in [-0.15, -0.1) is 0 Å². The molecule has 1 aliphatic heterocycles. The highest BCUT2D eigenvalue weighted by molar-refractivity contribution is 5.81. The van der Waals surface area contributed by atoms with Crippen molar-refractivity contribution in [1.29, 1.82) is 0 Å². The maximum Gasteiger partial charge on any atom is 0.226 e. The fourth-order valence-corrected chi connectivity index (χ4v) is 4.48. The molecular weight excluding hydrogens is 336 g/mol. The molecule has 1 saturated heterocycles. The Balaban J connectivity index is 1.55. The molecule has 0 bridgehead atoms. The molecule has 27 heavy (non-hydrogen) atoms. The SMILES string of the molecule is CC(C)N(Cc1ccccc1)C(=O)C1CCN(C(=O)C2CCCCC2)CC1. The van der Waals surface area contributed by atoms with Gasteiger partial charge in [0.05, 0.1) is 0 Å². The first-order valence-electron chi connectivity index (χ1n) is 10.7. The van der Waals surface area contributed by atoms with E-state index in [4.69, 9.17) is 0 Å². The Morgan fingerprint density at radius 2 is 1.59 bits per heavy atom. The highest BCUT2D eigenvalue weighted by atomic mass is 16.2. The summed E-state index contributed by atoms with van der Waals surface area (Å²) in [6.07, 6.45) is 7.35. The third-order valence-electron chi connectivity index (χ3n) is 6.21. The van der Waals surface area contributed by atoms with E-state index in [1.165, 1.54) is 24.8 Å². The molecule has 0 N–H and O–H groups in total. The van der Waals surface area contributed by atoms with Gasteiger partial charge in [-0.25, -0.2) is 0 Å². The van der Waals surface area contributed by atoms with E-state index in [0.29, 0.717) is 12.5 Å². The number of likely N-dealkylation sites (tertiary alicyclic amines) is 1. The topological polar surface area (TPSA) is 40.6 Å². The molecule has 2 aliphatic rings. The lowest BCUT2D eigenvalue weighted by molar-refractivity contribution is -0.144. The monoisotopic (exact) mass is 370 g/mol. The van der Waals surface area contributed by atoms with Crippen molar-refractivity contribution >= 4 is 11.8 Å². The summed E-state index contributed by atoms with van der Waals surface area (Å²) in [7, 11) is 0. The highest BCUT2D eigenvalue weighted by Crippen LogP contribution is 2.28. The van der Waals surface area contributed by atoms with Crippen molar-refractivity contribution in [2.24, 2.45) is 11.8 Å². The Morgan fingerprint density at radius 3 is 2.19 bits per heavy atom. The zero-order chi connectivity index (χ0) is 19.2. The van der Waals surface area contributed by atoms with Crippen LogP contribution in [0.1, 0.15) is 64.4 Å². The van der Waals surface area contributed by atoms with Gasteiger partial charge in [0.1, 0.15) is 0 Å². The minimum absolute atomic E-state index is 0.0477. The van der Waals surface area contributed by atoms with Crippen molar-refractivity contribution in [3.8, 4) is 0 Å². The second-order valence-corrected chi connectivity index (χ2v) is 8.48. The van der Waals surface area contributed by atoms with E-state index in [2.05, 4.69) is 26.0 Å². The Hall–Kier alpha value is -1.84. The summed E-state index contributed by atoms with van der Waals surface area (Å²) >= 11 is 0.